The summed E-state index contributed by atoms with van der Waals surface area (Å²) in [6.45, 7) is 5.12. The van der Waals surface area contributed by atoms with Gasteiger partial charge in [-0.3, -0.25) is 14.5 Å². The van der Waals surface area contributed by atoms with E-state index in [1.54, 1.807) is 31.2 Å². The predicted octanol–water partition coefficient (Wildman–Crippen LogP) is 2.55. The van der Waals surface area contributed by atoms with Crippen LogP contribution in [0.3, 0.4) is 0 Å². The summed E-state index contributed by atoms with van der Waals surface area (Å²) in [7, 11) is 0. The molecule has 0 spiro atoms. The number of nitrogens with one attached hydrogen (secondary N) is 1. The quantitative estimate of drug-likeness (QED) is 0.692. The number of furan rings is 1. The number of Topliss-reactive ketones (excluding diaryl/α,β-unsaturated/α-hetero) is 1. The third-order valence-corrected chi connectivity index (χ3v) is 4.42. The summed E-state index contributed by atoms with van der Waals surface area (Å²) >= 11 is 0. The highest BCUT2D eigenvalue weighted by atomic mass is 16.3. The Labute approximate surface area is 139 Å². The van der Waals surface area contributed by atoms with Gasteiger partial charge in [0.05, 0.1) is 12.8 Å². The van der Waals surface area contributed by atoms with Gasteiger partial charge in [0.25, 0.3) is 5.91 Å². The lowest BCUT2D eigenvalue weighted by molar-refractivity contribution is -0.131. The standard InChI is InChI=1S/C18H18N2O4/c1-11-6-7-13(9-12(11)2)14(21)10-20-16(22)18(3,19-17(20)23)15-5-4-8-24-15/h4-9H,10H2,1-3H3,(H,19,23). The van der Waals surface area contributed by atoms with E-state index in [4.69, 9.17) is 4.42 Å². The molecule has 1 atom stereocenters. The Morgan fingerprint density at radius 3 is 2.58 bits per heavy atom. The Morgan fingerprint density at radius 2 is 1.96 bits per heavy atom. The molecule has 1 aromatic heterocycles. The van der Waals surface area contributed by atoms with Crippen LogP contribution in [0.15, 0.2) is 41.0 Å². The van der Waals surface area contributed by atoms with Crippen LogP contribution in [0.5, 0.6) is 0 Å². The first-order valence-corrected chi connectivity index (χ1v) is 7.61. The normalized spacial score (nSPS) is 20.4. The summed E-state index contributed by atoms with van der Waals surface area (Å²) in [5.41, 5.74) is 1.25. The molecular weight excluding hydrogens is 308 g/mol. The van der Waals surface area contributed by atoms with Crippen molar-refractivity contribution in [3.63, 3.8) is 0 Å². The number of amides is 3. The number of nitrogens with zero attached hydrogens (tertiary/aromatic N) is 1. The lowest BCUT2D eigenvalue weighted by Crippen LogP contribution is -2.41. The molecule has 6 nitrogen and oxygen atoms in total. The lowest BCUT2D eigenvalue weighted by atomic mass is 9.99. The maximum Gasteiger partial charge on any atom is 0.325 e. The molecule has 1 aliphatic rings. The summed E-state index contributed by atoms with van der Waals surface area (Å²) < 4.78 is 5.26. The highest BCUT2D eigenvalue weighted by Gasteiger charge is 2.51. The Kier molecular flexibility index (Phi) is 3.75. The fraction of sp³-hybridized carbons (Fsp3) is 0.278. The van der Waals surface area contributed by atoms with Crippen molar-refractivity contribution in [3.8, 4) is 0 Å². The third kappa shape index (κ3) is 2.50. The van der Waals surface area contributed by atoms with E-state index in [2.05, 4.69) is 5.32 Å². The Hall–Kier alpha value is -2.89. The van der Waals surface area contributed by atoms with Gasteiger partial charge in [0, 0.05) is 5.56 Å². The molecule has 124 valence electrons. The Balaban J connectivity index is 1.82. The number of rotatable bonds is 4. The number of urea groups is 1. The zero-order valence-electron chi connectivity index (χ0n) is 13.8. The van der Waals surface area contributed by atoms with Gasteiger partial charge >= 0.3 is 6.03 Å². The maximum absolute atomic E-state index is 12.7. The number of aryl methyl sites for hydroxylation is 2. The molecule has 1 unspecified atom stereocenters. The fourth-order valence-electron chi connectivity index (χ4n) is 2.72. The van der Waals surface area contributed by atoms with Crippen molar-refractivity contribution in [1.82, 2.24) is 10.2 Å². The van der Waals surface area contributed by atoms with Gasteiger partial charge in [0.1, 0.15) is 5.76 Å². The second-order valence-corrected chi connectivity index (χ2v) is 6.15. The van der Waals surface area contributed by atoms with Crippen LogP contribution < -0.4 is 5.32 Å². The van der Waals surface area contributed by atoms with Gasteiger partial charge in [-0.15, -0.1) is 0 Å². The molecule has 3 rings (SSSR count). The van der Waals surface area contributed by atoms with Crippen LogP contribution in [0.25, 0.3) is 0 Å². The minimum Gasteiger partial charge on any atom is -0.466 e. The molecule has 3 amide bonds. The van der Waals surface area contributed by atoms with Crippen molar-refractivity contribution in [1.29, 1.82) is 0 Å². The first kappa shape index (κ1) is 16.0. The van der Waals surface area contributed by atoms with Gasteiger partial charge in [-0.1, -0.05) is 12.1 Å². The van der Waals surface area contributed by atoms with E-state index in [0.29, 0.717) is 11.3 Å². The number of hydrogen-bond donors (Lipinski definition) is 1. The molecule has 1 aromatic carbocycles. The van der Waals surface area contributed by atoms with Crippen LogP contribution >= 0.6 is 0 Å². The van der Waals surface area contributed by atoms with Crippen LogP contribution in [-0.4, -0.2) is 29.2 Å². The molecular formula is C18H18N2O4. The van der Waals surface area contributed by atoms with Crippen molar-refractivity contribution in [2.75, 3.05) is 6.54 Å². The van der Waals surface area contributed by atoms with E-state index >= 15 is 0 Å². The average molecular weight is 326 g/mol. The molecule has 0 aliphatic carbocycles. The van der Waals surface area contributed by atoms with Gasteiger partial charge in [-0.2, -0.15) is 0 Å². The molecule has 2 heterocycles. The minimum absolute atomic E-state index is 0.287. The molecule has 6 heteroatoms. The second kappa shape index (κ2) is 5.63. The van der Waals surface area contributed by atoms with Gasteiger partial charge in [0.2, 0.25) is 0 Å². The number of hydrogen-bond acceptors (Lipinski definition) is 4. The molecule has 1 fully saturated rings. The van der Waals surface area contributed by atoms with Gasteiger partial charge < -0.3 is 9.73 Å². The van der Waals surface area contributed by atoms with E-state index in [-0.39, 0.29) is 12.3 Å². The minimum atomic E-state index is -1.29. The molecule has 1 saturated heterocycles. The van der Waals surface area contributed by atoms with E-state index in [0.717, 1.165) is 16.0 Å². The van der Waals surface area contributed by atoms with Crippen molar-refractivity contribution >= 4 is 17.7 Å². The van der Waals surface area contributed by atoms with Crippen LogP contribution in [0, 0.1) is 13.8 Å². The molecule has 0 radical (unpaired) electrons. The van der Waals surface area contributed by atoms with Crippen molar-refractivity contribution in [3.05, 3.63) is 59.0 Å². The number of imide groups is 1. The largest absolute Gasteiger partial charge is 0.466 e. The summed E-state index contributed by atoms with van der Waals surface area (Å²) in [5.74, 6) is -0.452. The second-order valence-electron chi connectivity index (χ2n) is 6.15. The number of carbonyl (C=O) groups is 3. The molecule has 0 bridgehead atoms. The number of ketones is 1. The van der Waals surface area contributed by atoms with Crippen LogP contribution in [-0.2, 0) is 10.3 Å². The summed E-state index contributed by atoms with van der Waals surface area (Å²) in [4.78, 5) is 38.2. The molecule has 1 aliphatic heterocycles. The van der Waals surface area contributed by atoms with Crippen LogP contribution in [0.4, 0.5) is 4.79 Å². The lowest BCUT2D eigenvalue weighted by Gasteiger charge is -2.18. The Bertz CT molecular complexity index is 826. The fourth-order valence-corrected chi connectivity index (χ4v) is 2.72. The SMILES string of the molecule is Cc1ccc(C(=O)CN2C(=O)NC(C)(c3ccco3)C2=O)cc1C. The molecule has 0 saturated carbocycles. The number of benzene rings is 1. The van der Waals surface area contributed by atoms with Crippen LogP contribution in [0.1, 0.15) is 34.2 Å². The van der Waals surface area contributed by atoms with E-state index in [9.17, 15) is 14.4 Å². The Morgan fingerprint density at radius 1 is 1.21 bits per heavy atom. The first-order chi connectivity index (χ1) is 11.3. The van der Waals surface area contributed by atoms with Crippen LogP contribution in [0.2, 0.25) is 0 Å². The van der Waals surface area contributed by atoms with Crippen molar-refractivity contribution < 1.29 is 18.8 Å². The number of carbonyl (C=O) groups excluding carboxylic acids is 3. The zero-order chi connectivity index (χ0) is 17.5. The monoisotopic (exact) mass is 326 g/mol. The van der Waals surface area contributed by atoms with E-state index < -0.39 is 17.5 Å². The van der Waals surface area contributed by atoms with E-state index in [1.165, 1.54) is 6.26 Å². The van der Waals surface area contributed by atoms with Gasteiger partial charge in [-0.05, 0) is 50.1 Å². The average Bonchev–Trinajstić information content (AvgIpc) is 3.14. The smallest absolute Gasteiger partial charge is 0.325 e. The van der Waals surface area contributed by atoms with Gasteiger partial charge in [-0.25, -0.2) is 4.79 Å². The van der Waals surface area contributed by atoms with Crippen molar-refractivity contribution in [2.24, 2.45) is 0 Å². The highest BCUT2D eigenvalue weighted by molar-refractivity contribution is 6.11. The molecule has 2 aromatic rings. The summed E-state index contributed by atoms with van der Waals surface area (Å²) in [6.07, 6.45) is 1.43. The van der Waals surface area contributed by atoms with E-state index in [1.807, 2.05) is 19.9 Å². The van der Waals surface area contributed by atoms with Gasteiger partial charge in [0.15, 0.2) is 11.3 Å². The van der Waals surface area contributed by atoms with Crippen molar-refractivity contribution in [2.45, 2.75) is 26.3 Å². The summed E-state index contributed by atoms with van der Waals surface area (Å²) in [6, 6.07) is 7.98. The zero-order valence-corrected chi connectivity index (χ0v) is 13.8. The maximum atomic E-state index is 12.7. The third-order valence-electron chi connectivity index (χ3n) is 4.42. The highest BCUT2D eigenvalue weighted by Crippen LogP contribution is 2.29. The molecule has 1 N–H and O–H groups in total. The topological polar surface area (TPSA) is 79.6 Å². The molecule has 24 heavy (non-hydrogen) atoms. The summed E-state index contributed by atoms with van der Waals surface area (Å²) in [5, 5.41) is 2.60. The predicted molar refractivity (Wildman–Crippen MR) is 86.6 cm³/mol. The first-order valence-electron chi connectivity index (χ1n) is 7.61.